The summed E-state index contributed by atoms with van der Waals surface area (Å²) >= 11 is 7.66. The van der Waals surface area contributed by atoms with Gasteiger partial charge in [0.25, 0.3) is 0 Å². The van der Waals surface area contributed by atoms with Gasteiger partial charge in [-0.2, -0.15) is 0 Å². The first-order valence-electron chi connectivity index (χ1n) is 24.6. The van der Waals surface area contributed by atoms with Crippen LogP contribution in [0.25, 0.3) is 87.7 Å². The van der Waals surface area contributed by atoms with Crippen LogP contribution in [0.1, 0.15) is 0 Å². The van der Waals surface area contributed by atoms with Gasteiger partial charge in [0, 0.05) is 64.4 Å². The zero-order chi connectivity index (χ0) is 49.5. The number of anilines is 6. The van der Waals surface area contributed by atoms with Crippen LogP contribution >= 0.6 is 31.9 Å². The van der Waals surface area contributed by atoms with Crippen LogP contribution in [0.2, 0.25) is 0 Å². The first-order chi connectivity index (χ1) is 36.6. The van der Waals surface area contributed by atoms with Crippen molar-refractivity contribution in [1.29, 1.82) is 0 Å². The topological polar surface area (TPSA) is 32.8 Å². The molecule has 0 saturated heterocycles. The van der Waals surface area contributed by atoms with Gasteiger partial charge < -0.3 is 18.6 Å². The van der Waals surface area contributed by atoms with E-state index < -0.39 is 0 Å². The zero-order valence-electron chi connectivity index (χ0n) is 39.9. The maximum absolute atomic E-state index is 6.84. The third kappa shape index (κ3) is 8.19. The molecule has 6 heteroatoms. The molecule has 352 valence electrons. The van der Waals surface area contributed by atoms with Crippen molar-refractivity contribution in [1.82, 2.24) is 0 Å². The Labute approximate surface area is 445 Å². The third-order valence-electron chi connectivity index (χ3n) is 13.8. The Morgan fingerprint density at radius 1 is 0.270 bits per heavy atom. The highest BCUT2D eigenvalue weighted by Gasteiger charge is 2.25. The summed E-state index contributed by atoms with van der Waals surface area (Å²) in [5, 5.41) is 9.18. The predicted molar refractivity (Wildman–Crippen MR) is 318 cm³/mol. The molecule has 2 heterocycles. The lowest BCUT2D eigenvalue weighted by Crippen LogP contribution is -2.10. The SMILES string of the molecule is Brc1ccc(-c2ccccc2)c2oc3c(N(c4ccccc4)c4ccc5ccccc5c4)ccc(Br)c3c12.c1ccc(-c2cccc3c2oc2c(N(c4ccccc4)c4ccc5ccccc5c4)cccc23)cc1. The smallest absolute Gasteiger partial charge is 0.160 e. The molecule has 14 aromatic rings. The van der Waals surface area contributed by atoms with Crippen molar-refractivity contribution in [2.75, 3.05) is 9.80 Å². The summed E-state index contributed by atoms with van der Waals surface area (Å²) in [6.45, 7) is 0. The lowest BCUT2D eigenvalue weighted by molar-refractivity contribution is 0.669. The quantitative estimate of drug-likeness (QED) is 0.152. The fraction of sp³-hybridized carbons (Fsp3) is 0. The van der Waals surface area contributed by atoms with E-state index in [0.717, 1.165) is 109 Å². The van der Waals surface area contributed by atoms with E-state index in [4.69, 9.17) is 8.83 Å². The van der Waals surface area contributed by atoms with E-state index in [2.05, 4.69) is 290 Å². The highest BCUT2D eigenvalue weighted by molar-refractivity contribution is 9.11. The fourth-order valence-corrected chi connectivity index (χ4v) is 11.4. The average molecular weight is 1080 g/mol. The first kappa shape index (κ1) is 45.2. The summed E-state index contributed by atoms with van der Waals surface area (Å²) in [4.78, 5) is 4.57. The minimum Gasteiger partial charge on any atom is -0.453 e. The lowest BCUT2D eigenvalue weighted by atomic mass is 10.0. The third-order valence-corrected chi connectivity index (χ3v) is 15.1. The maximum atomic E-state index is 6.84. The van der Waals surface area contributed by atoms with Gasteiger partial charge in [-0.3, -0.25) is 0 Å². The van der Waals surface area contributed by atoms with Gasteiger partial charge in [-0.1, -0.05) is 220 Å². The number of fused-ring (bicyclic) bond motifs is 8. The van der Waals surface area contributed by atoms with Gasteiger partial charge in [-0.15, -0.1) is 0 Å². The summed E-state index contributed by atoms with van der Waals surface area (Å²) in [6.07, 6.45) is 0. The van der Waals surface area contributed by atoms with E-state index in [1.54, 1.807) is 0 Å². The van der Waals surface area contributed by atoms with Crippen molar-refractivity contribution in [3.8, 4) is 22.3 Å². The van der Waals surface area contributed by atoms with Crippen LogP contribution in [0.5, 0.6) is 0 Å². The van der Waals surface area contributed by atoms with Crippen LogP contribution in [0, 0.1) is 0 Å². The Bertz CT molecular complexity index is 4350. The molecule has 0 amide bonds. The van der Waals surface area contributed by atoms with Crippen LogP contribution in [-0.4, -0.2) is 0 Å². The Balaban J connectivity index is 0.000000143. The molecule has 0 N–H and O–H groups in total. The van der Waals surface area contributed by atoms with Crippen LogP contribution in [-0.2, 0) is 0 Å². The van der Waals surface area contributed by atoms with Crippen molar-refractivity contribution >= 4 is 131 Å². The Morgan fingerprint density at radius 2 is 0.689 bits per heavy atom. The summed E-state index contributed by atoms with van der Waals surface area (Å²) < 4.78 is 15.6. The number of nitrogens with zero attached hydrogens (tertiary/aromatic N) is 2. The monoisotopic (exact) mass is 1080 g/mol. The van der Waals surface area contributed by atoms with Gasteiger partial charge in [0.15, 0.2) is 11.2 Å². The molecule has 4 nitrogen and oxygen atoms in total. The second-order valence-electron chi connectivity index (χ2n) is 18.2. The highest BCUT2D eigenvalue weighted by Crippen LogP contribution is 2.49. The first-order valence-corrected chi connectivity index (χ1v) is 26.2. The van der Waals surface area contributed by atoms with Gasteiger partial charge in [-0.05, 0) is 112 Å². The number of para-hydroxylation sites is 4. The average Bonchev–Trinajstić information content (AvgIpc) is 4.08. The van der Waals surface area contributed by atoms with Crippen molar-refractivity contribution in [2.24, 2.45) is 0 Å². The van der Waals surface area contributed by atoms with Crippen LogP contribution in [0.4, 0.5) is 34.1 Å². The zero-order valence-corrected chi connectivity index (χ0v) is 43.0. The number of hydrogen-bond acceptors (Lipinski definition) is 4. The Kier molecular flexibility index (Phi) is 11.8. The van der Waals surface area contributed by atoms with Crippen molar-refractivity contribution in [2.45, 2.75) is 0 Å². The van der Waals surface area contributed by atoms with E-state index in [9.17, 15) is 0 Å². The molecule has 2 aromatic heterocycles. The summed E-state index contributed by atoms with van der Waals surface area (Å²) in [5.41, 5.74) is 14.2. The number of furan rings is 2. The number of benzene rings is 12. The lowest BCUT2D eigenvalue weighted by Gasteiger charge is -2.26. The summed E-state index contributed by atoms with van der Waals surface area (Å²) in [7, 11) is 0. The molecule has 0 saturated carbocycles. The number of hydrogen-bond donors (Lipinski definition) is 0. The van der Waals surface area contributed by atoms with E-state index >= 15 is 0 Å². The molecule has 0 unspecified atom stereocenters. The normalized spacial score (nSPS) is 11.4. The van der Waals surface area contributed by atoms with Gasteiger partial charge in [0.1, 0.15) is 11.2 Å². The van der Waals surface area contributed by atoms with Gasteiger partial charge in [-0.25, -0.2) is 0 Å². The standard InChI is InChI=1S/C34H21Br2NO.C34H23NO/c35-28-18-17-27(23-10-3-1-4-11-23)33-31(28)32-29(36)19-20-30(34(32)38-33)37(25-13-5-2-6-14-25)26-16-15-22-9-7-8-12-24(22)21-26;1-3-12-25(13-4-1)29-17-9-18-30-31-19-10-20-32(34(31)36-33(29)30)35(27-15-5-2-6-16-27)28-22-21-24-11-7-8-14-26(24)23-28/h1-21H;1-23H. The fourth-order valence-electron chi connectivity index (χ4n) is 10.4. The van der Waals surface area contributed by atoms with Crippen LogP contribution in [0.15, 0.2) is 285 Å². The molecule has 0 bridgehead atoms. The maximum Gasteiger partial charge on any atom is 0.160 e. The van der Waals surface area contributed by atoms with Crippen molar-refractivity contribution < 1.29 is 8.83 Å². The predicted octanol–water partition coefficient (Wildman–Crippen LogP) is 21.3. The van der Waals surface area contributed by atoms with Crippen LogP contribution < -0.4 is 9.80 Å². The second kappa shape index (κ2) is 19.4. The largest absolute Gasteiger partial charge is 0.453 e. The molecular weight excluding hydrogens is 1040 g/mol. The number of halogens is 2. The van der Waals surface area contributed by atoms with Crippen molar-refractivity contribution in [3.63, 3.8) is 0 Å². The molecule has 0 atom stereocenters. The Morgan fingerprint density at radius 3 is 1.24 bits per heavy atom. The number of rotatable bonds is 8. The van der Waals surface area contributed by atoms with Gasteiger partial charge >= 0.3 is 0 Å². The van der Waals surface area contributed by atoms with Gasteiger partial charge in [0.05, 0.1) is 11.4 Å². The van der Waals surface area contributed by atoms with E-state index in [-0.39, 0.29) is 0 Å². The van der Waals surface area contributed by atoms with E-state index in [0.29, 0.717) is 0 Å². The molecule has 12 aromatic carbocycles. The summed E-state index contributed by atoms with van der Waals surface area (Å²) in [6, 6.07) is 93.3. The van der Waals surface area contributed by atoms with Gasteiger partial charge in [0.2, 0.25) is 0 Å². The minimum absolute atomic E-state index is 0.829. The molecular formula is C68H44Br2N2O2. The van der Waals surface area contributed by atoms with Crippen LogP contribution in [0.3, 0.4) is 0 Å². The molecule has 0 fully saturated rings. The highest BCUT2D eigenvalue weighted by atomic mass is 79.9. The molecule has 0 aliphatic rings. The second-order valence-corrected chi connectivity index (χ2v) is 20.0. The van der Waals surface area contributed by atoms with Crippen molar-refractivity contribution in [3.05, 3.63) is 276 Å². The van der Waals surface area contributed by atoms with E-state index in [1.165, 1.54) is 21.5 Å². The Hall–Kier alpha value is -8.68. The summed E-state index contributed by atoms with van der Waals surface area (Å²) in [5.74, 6) is 0. The molecule has 0 spiro atoms. The molecule has 0 aliphatic heterocycles. The van der Waals surface area contributed by atoms with E-state index in [1.807, 2.05) is 18.2 Å². The molecule has 74 heavy (non-hydrogen) atoms. The molecule has 14 rings (SSSR count). The minimum atomic E-state index is 0.829. The molecule has 0 radical (unpaired) electrons. The molecule has 0 aliphatic carbocycles.